The standard InChI is InChI=1S/C12H17Br2NS/c13-11-7-10(16-12(11)14)8-15-9-5-3-1-2-4-6-9/h7,9,15H,1-6,8H2. The van der Waals surface area contributed by atoms with E-state index in [4.69, 9.17) is 0 Å². The van der Waals surface area contributed by atoms with Crippen LogP contribution in [0.2, 0.25) is 0 Å². The molecule has 1 N–H and O–H groups in total. The smallest absolute Gasteiger partial charge is 0.0843 e. The Kier molecular flexibility index (Phi) is 5.33. The molecular weight excluding hydrogens is 350 g/mol. The van der Waals surface area contributed by atoms with Gasteiger partial charge in [-0.05, 0) is 50.8 Å². The van der Waals surface area contributed by atoms with Gasteiger partial charge < -0.3 is 5.32 Å². The molecule has 0 bridgehead atoms. The van der Waals surface area contributed by atoms with Crippen LogP contribution in [0.3, 0.4) is 0 Å². The first-order chi connectivity index (χ1) is 7.75. The van der Waals surface area contributed by atoms with Crippen LogP contribution in [0.4, 0.5) is 0 Å². The fourth-order valence-corrected chi connectivity index (χ4v) is 4.33. The molecule has 16 heavy (non-hydrogen) atoms. The van der Waals surface area contributed by atoms with E-state index < -0.39 is 0 Å². The molecule has 1 aliphatic rings. The Hall–Kier alpha value is 0.620. The fraction of sp³-hybridized carbons (Fsp3) is 0.667. The summed E-state index contributed by atoms with van der Waals surface area (Å²) in [6.07, 6.45) is 8.36. The Morgan fingerprint density at radius 2 is 1.88 bits per heavy atom. The van der Waals surface area contributed by atoms with Crippen molar-refractivity contribution in [2.45, 2.75) is 51.1 Å². The zero-order chi connectivity index (χ0) is 11.4. The van der Waals surface area contributed by atoms with Gasteiger partial charge in [0.1, 0.15) is 0 Å². The van der Waals surface area contributed by atoms with E-state index in [0.29, 0.717) is 0 Å². The monoisotopic (exact) mass is 365 g/mol. The van der Waals surface area contributed by atoms with E-state index in [1.54, 1.807) is 0 Å². The van der Waals surface area contributed by atoms with E-state index in [2.05, 4.69) is 43.2 Å². The minimum absolute atomic E-state index is 0.738. The van der Waals surface area contributed by atoms with Crippen molar-refractivity contribution in [1.82, 2.24) is 5.32 Å². The van der Waals surface area contributed by atoms with Crippen molar-refractivity contribution in [3.8, 4) is 0 Å². The van der Waals surface area contributed by atoms with Gasteiger partial charge in [0.2, 0.25) is 0 Å². The molecule has 1 aromatic rings. The van der Waals surface area contributed by atoms with Gasteiger partial charge in [-0.1, -0.05) is 25.7 Å². The SMILES string of the molecule is Brc1cc(CNC2CCCCCC2)sc1Br. The van der Waals surface area contributed by atoms with Gasteiger partial charge in [0.25, 0.3) is 0 Å². The molecule has 0 atom stereocenters. The molecule has 1 nitrogen and oxygen atoms in total. The highest BCUT2D eigenvalue weighted by Gasteiger charge is 2.12. The summed E-state index contributed by atoms with van der Waals surface area (Å²) in [7, 11) is 0. The Balaban J connectivity index is 1.81. The molecule has 1 aliphatic carbocycles. The van der Waals surface area contributed by atoms with E-state index in [9.17, 15) is 0 Å². The third kappa shape index (κ3) is 3.83. The lowest BCUT2D eigenvalue weighted by molar-refractivity contribution is 0.461. The van der Waals surface area contributed by atoms with Crippen molar-refractivity contribution in [2.75, 3.05) is 0 Å². The molecular formula is C12H17Br2NS. The van der Waals surface area contributed by atoms with Crippen molar-refractivity contribution in [1.29, 1.82) is 0 Å². The third-order valence-corrected chi connectivity index (χ3v) is 6.37. The van der Waals surface area contributed by atoms with Crippen LogP contribution in [0, 0.1) is 0 Å². The van der Waals surface area contributed by atoms with E-state index in [0.717, 1.165) is 12.6 Å². The van der Waals surface area contributed by atoms with Crippen LogP contribution in [-0.4, -0.2) is 6.04 Å². The summed E-state index contributed by atoms with van der Waals surface area (Å²) < 4.78 is 2.38. The van der Waals surface area contributed by atoms with Gasteiger partial charge in [-0.25, -0.2) is 0 Å². The molecule has 0 amide bonds. The minimum Gasteiger partial charge on any atom is -0.309 e. The Labute approximate surface area is 118 Å². The Bertz CT molecular complexity index is 310. The number of rotatable bonds is 3. The van der Waals surface area contributed by atoms with Crippen molar-refractivity contribution < 1.29 is 0 Å². The zero-order valence-electron chi connectivity index (χ0n) is 9.27. The topological polar surface area (TPSA) is 12.0 Å². The molecule has 0 spiro atoms. The summed E-state index contributed by atoms with van der Waals surface area (Å²) in [6.45, 7) is 1.01. The van der Waals surface area contributed by atoms with Gasteiger partial charge >= 0.3 is 0 Å². The molecule has 0 aromatic carbocycles. The van der Waals surface area contributed by atoms with Crippen LogP contribution in [0.5, 0.6) is 0 Å². The lowest BCUT2D eigenvalue weighted by atomic mass is 10.1. The van der Waals surface area contributed by atoms with Gasteiger partial charge in [-0.3, -0.25) is 0 Å². The lowest BCUT2D eigenvalue weighted by Crippen LogP contribution is -2.27. The number of thiophene rings is 1. The Morgan fingerprint density at radius 3 is 2.44 bits per heavy atom. The van der Waals surface area contributed by atoms with Gasteiger partial charge in [0, 0.05) is 21.9 Å². The summed E-state index contributed by atoms with van der Waals surface area (Å²) in [4.78, 5) is 1.41. The predicted molar refractivity (Wildman–Crippen MR) is 78.0 cm³/mol. The lowest BCUT2D eigenvalue weighted by Gasteiger charge is -2.15. The highest BCUT2D eigenvalue weighted by molar-refractivity contribution is 9.13. The average molecular weight is 367 g/mol. The van der Waals surface area contributed by atoms with Gasteiger partial charge in [-0.2, -0.15) is 0 Å². The second-order valence-electron chi connectivity index (χ2n) is 4.40. The third-order valence-electron chi connectivity index (χ3n) is 3.12. The van der Waals surface area contributed by atoms with Crippen LogP contribution in [0.25, 0.3) is 0 Å². The van der Waals surface area contributed by atoms with Gasteiger partial charge in [0.05, 0.1) is 3.79 Å². The summed E-state index contributed by atoms with van der Waals surface area (Å²) in [5, 5.41) is 3.69. The molecule has 0 aliphatic heterocycles. The quantitative estimate of drug-likeness (QED) is 0.735. The van der Waals surface area contributed by atoms with E-state index in [1.165, 1.54) is 51.7 Å². The van der Waals surface area contributed by atoms with E-state index in [1.807, 2.05) is 11.3 Å². The largest absolute Gasteiger partial charge is 0.309 e. The summed E-state index contributed by atoms with van der Waals surface area (Å²) in [5.74, 6) is 0. The first-order valence-electron chi connectivity index (χ1n) is 5.93. The first-order valence-corrected chi connectivity index (χ1v) is 8.33. The van der Waals surface area contributed by atoms with Crippen molar-refractivity contribution in [2.24, 2.45) is 0 Å². The predicted octanol–water partition coefficient (Wildman–Crippen LogP) is 5.09. The molecule has 1 aromatic heterocycles. The molecule has 90 valence electrons. The summed E-state index contributed by atoms with van der Waals surface area (Å²) >= 11 is 8.88. The zero-order valence-corrected chi connectivity index (χ0v) is 13.3. The number of nitrogens with one attached hydrogen (secondary N) is 1. The normalized spacial score (nSPS) is 18.6. The highest BCUT2D eigenvalue weighted by Crippen LogP contribution is 2.32. The molecule has 0 unspecified atom stereocenters. The maximum absolute atomic E-state index is 3.69. The second-order valence-corrected chi connectivity index (χ2v) is 7.71. The molecule has 1 heterocycles. The van der Waals surface area contributed by atoms with Crippen LogP contribution < -0.4 is 5.32 Å². The number of halogens is 2. The first kappa shape index (κ1) is 13.1. The van der Waals surface area contributed by atoms with E-state index in [-0.39, 0.29) is 0 Å². The fourth-order valence-electron chi connectivity index (χ4n) is 2.21. The molecule has 0 radical (unpaired) electrons. The number of hydrogen-bond donors (Lipinski definition) is 1. The summed E-state index contributed by atoms with van der Waals surface area (Å²) in [5.41, 5.74) is 0. The Morgan fingerprint density at radius 1 is 1.19 bits per heavy atom. The van der Waals surface area contributed by atoms with Crippen LogP contribution in [0.15, 0.2) is 14.3 Å². The highest BCUT2D eigenvalue weighted by atomic mass is 79.9. The molecule has 0 saturated heterocycles. The summed E-state index contributed by atoms with van der Waals surface area (Å²) in [6, 6.07) is 2.94. The van der Waals surface area contributed by atoms with E-state index >= 15 is 0 Å². The van der Waals surface area contributed by atoms with Crippen LogP contribution in [0.1, 0.15) is 43.4 Å². The maximum Gasteiger partial charge on any atom is 0.0843 e. The van der Waals surface area contributed by atoms with Crippen molar-refractivity contribution in [3.05, 3.63) is 19.2 Å². The van der Waals surface area contributed by atoms with Gasteiger partial charge in [0.15, 0.2) is 0 Å². The van der Waals surface area contributed by atoms with Crippen LogP contribution in [-0.2, 0) is 6.54 Å². The average Bonchev–Trinajstić information content (AvgIpc) is 2.50. The number of hydrogen-bond acceptors (Lipinski definition) is 2. The minimum atomic E-state index is 0.738. The maximum atomic E-state index is 3.69. The van der Waals surface area contributed by atoms with Gasteiger partial charge in [-0.15, -0.1) is 11.3 Å². The molecule has 1 saturated carbocycles. The molecule has 1 fully saturated rings. The molecule has 4 heteroatoms. The second kappa shape index (κ2) is 6.53. The van der Waals surface area contributed by atoms with Crippen molar-refractivity contribution in [3.63, 3.8) is 0 Å². The van der Waals surface area contributed by atoms with Crippen molar-refractivity contribution >= 4 is 43.2 Å². The van der Waals surface area contributed by atoms with Crippen LogP contribution >= 0.6 is 43.2 Å². The molecule has 2 rings (SSSR count).